The number of benzene rings is 2. The van der Waals surface area contributed by atoms with Crippen molar-refractivity contribution in [3.8, 4) is 0 Å². The zero-order valence-corrected chi connectivity index (χ0v) is 19.7. The standard InChI is InChI=1S/C23H18N8O8/c32-28(33)8-1-3-12(14(5-8)30(36)37)24-26-22-18-10-7-11-17-16(10)20(22)21(17)23(19(11)18)27-25-13-4-2-9(29(34)35)6-15(13)31(38)39/h1-6,10-11,16-21,24-25H,7H2/b26-22-,27-23+/t10-,11+,16-,17-,18+,19-,20+,21+/m1/s1. The van der Waals surface area contributed by atoms with Crippen LogP contribution >= 0.6 is 0 Å². The van der Waals surface area contributed by atoms with Crippen LogP contribution < -0.4 is 10.9 Å². The van der Waals surface area contributed by atoms with Gasteiger partial charge in [0, 0.05) is 47.2 Å². The topological polar surface area (TPSA) is 221 Å². The van der Waals surface area contributed by atoms with Gasteiger partial charge in [0.2, 0.25) is 0 Å². The normalized spacial score (nSPS) is 33.9. The van der Waals surface area contributed by atoms with Crippen molar-refractivity contribution in [1.29, 1.82) is 0 Å². The molecular formula is C23H18N8O8. The summed E-state index contributed by atoms with van der Waals surface area (Å²) in [5.41, 5.74) is 5.94. The second kappa shape index (κ2) is 7.75. The first-order valence-corrected chi connectivity index (χ1v) is 12.2. The average Bonchev–Trinajstić information content (AvgIpc) is 3.44. The summed E-state index contributed by atoms with van der Waals surface area (Å²) in [4.78, 5) is 42.3. The van der Waals surface area contributed by atoms with E-state index in [1.807, 2.05) is 0 Å². The van der Waals surface area contributed by atoms with Crippen LogP contribution in [0.5, 0.6) is 0 Å². The Morgan fingerprint density at radius 1 is 0.615 bits per heavy atom. The number of anilines is 2. The number of hydrazone groups is 2. The number of nitrogens with zero attached hydrogens (tertiary/aromatic N) is 6. The largest absolute Gasteiger partial charge is 0.301 e. The quantitative estimate of drug-likeness (QED) is 0.366. The fraction of sp³-hybridized carbons (Fsp3) is 0.391. The second-order valence-electron chi connectivity index (χ2n) is 10.5. The average molecular weight is 534 g/mol. The lowest BCUT2D eigenvalue weighted by atomic mass is 9.59. The highest BCUT2D eigenvalue weighted by atomic mass is 16.6. The number of nitro benzene ring substituents is 4. The molecule has 8 atom stereocenters. The van der Waals surface area contributed by atoms with Gasteiger partial charge in [-0.3, -0.25) is 51.3 Å². The number of fused-ring (bicyclic) bond motifs is 2. The van der Waals surface area contributed by atoms with E-state index in [9.17, 15) is 40.5 Å². The smallest absolute Gasteiger partial charge is 0.272 e. The summed E-state index contributed by atoms with van der Waals surface area (Å²) < 4.78 is 0. The Hall–Kier alpha value is -5.02. The number of nitrogens with one attached hydrogen (secondary N) is 2. The van der Waals surface area contributed by atoms with Gasteiger partial charge in [-0.05, 0) is 42.2 Å². The van der Waals surface area contributed by atoms with Crippen LogP contribution in [0.15, 0.2) is 46.6 Å². The van der Waals surface area contributed by atoms with Gasteiger partial charge in [-0.15, -0.1) is 0 Å². The minimum absolute atomic E-state index is 0.0671. The van der Waals surface area contributed by atoms with Gasteiger partial charge in [0.1, 0.15) is 11.4 Å². The van der Waals surface area contributed by atoms with E-state index < -0.39 is 31.1 Å². The molecule has 16 heteroatoms. The van der Waals surface area contributed by atoms with Crippen molar-refractivity contribution < 1.29 is 19.7 Å². The van der Waals surface area contributed by atoms with Crippen LogP contribution in [0.4, 0.5) is 34.1 Å². The summed E-state index contributed by atoms with van der Waals surface area (Å²) >= 11 is 0. The monoisotopic (exact) mass is 534 g/mol. The molecule has 0 saturated heterocycles. The van der Waals surface area contributed by atoms with Crippen LogP contribution in [0.1, 0.15) is 6.42 Å². The van der Waals surface area contributed by atoms with E-state index in [0.29, 0.717) is 23.7 Å². The molecule has 0 radical (unpaired) electrons. The molecule has 2 aromatic carbocycles. The highest BCUT2D eigenvalue weighted by Crippen LogP contribution is 2.81. The van der Waals surface area contributed by atoms with Gasteiger partial charge < -0.3 is 0 Å². The molecule has 5 aliphatic rings. The molecule has 0 amide bonds. The lowest BCUT2D eigenvalue weighted by Gasteiger charge is -2.44. The Morgan fingerprint density at radius 3 is 1.38 bits per heavy atom. The molecule has 5 fully saturated rings. The summed E-state index contributed by atoms with van der Waals surface area (Å²) in [6.07, 6.45) is 1.03. The van der Waals surface area contributed by atoms with Gasteiger partial charge in [-0.25, -0.2) is 0 Å². The number of non-ortho nitro benzene ring substituents is 2. The minimum atomic E-state index is -0.696. The number of rotatable bonds is 8. The van der Waals surface area contributed by atoms with Crippen molar-refractivity contribution in [2.75, 3.05) is 10.9 Å². The highest BCUT2D eigenvalue weighted by molar-refractivity contribution is 6.11. The van der Waals surface area contributed by atoms with Gasteiger partial charge in [0.15, 0.2) is 0 Å². The molecule has 7 rings (SSSR count). The van der Waals surface area contributed by atoms with E-state index in [1.165, 1.54) is 24.3 Å². The molecule has 2 aromatic rings. The van der Waals surface area contributed by atoms with E-state index in [1.54, 1.807) is 0 Å². The molecule has 0 heterocycles. The third kappa shape index (κ3) is 2.98. The molecular weight excluding hydrogens is 516 g/mol. The molecule has 16 nitrogen and oxygen atoms in total. The first-order valence-electron chi connectivity index (χ1n) is 12.2. The van der Waals surface area contributed by atoms with Crippen LogP contribution in [-0.4, -0.2) is 31.1 Å². The Kier molecular flexibility index (Phi) is 4.59. The van der Waals surface area contributed by atoms with Crippen molar-refractivity contribution >= 4 is 45.5 Å². The van der Waals surface area contributed by atoms with E-state index in [2.05, 4.69) is 21.1 Å². The van der Waals surface area contributed by atoms with E-state index in [-0.39, 0.29) is 46.4 Å². The van der Waals surface area contributed by atoms with E-state index in [0.717, 1.165) is 30.0 Å². The Balaban J connectivity index is 1.18. The van der Waals surface area contributed by atoms with Crippen molar-refractivity contribution in [3.63, 3.8) is 0 Å². The summed E-state index contributed by atoms with van der Waals surface area (Å²) in [6.45, 7) is 0. The molecule has 39 heavy (non-hydrogen) atoms. The first kappa shape index (κ1) is 23.1. The summed E-state index contributed by atoms with van der Waals surface area (Å²) in [5.74, 6) is 2.16. The molecule has 5 aliphatic carbocycles. The van der Waals surface area contributed by atoms with Gasteiger partial charge in [-0.1, -0.05) is 0 Å². The van der Waals surface area contributed by atoms with Crippen molar-refractivity contribution in [3.05, 3.63) is 76.9 Å². The zero-order valence-electron chi connectivity index (χ0n) is 19.7. The van der Waals surface area contributed by atoms with Crippen molar-refractivity contribution in [1.82, 2.24) is 0 Å². The second-order valence-corrected chi connectivity index (χ2v) is 10.5. The molecule has 198 valence electrons. The highest BCUT2D eigenvalue weighted by Gasteiger charge is 2.82. The third-order valence-electron chi connectivity index (χ3n) is 9.26. The fourth-order valence-electron chi connectivity index (χ4n) is 8.17. The lowest BCUT2D eigenvalue weighted by molar-refractivity contribution is -0.393. The van der Waals surface area contributed by atoms with Crippen LogP contribution in [-0.2, 0) is 0 Å². The lowest BCUT2D eigenvalue weighted by Crippen LogP contribution is -2.48. The van der Waals surface area contributed by atoms with Crippen LogP contribution in [0.3, 0.4) is 0 Å². The van der Waals surface area contributed by atoms with Gasteiger partial charge in [-0.2, -0.15) is 10.2 Å². The molecule has 2 bridgehead atoms. The first-order chi connectivity index (χ1) is 18.7. The SMILES string of the molecule is O=[N+]([O-])c1ccc(N/N=C2\[C@@H]3[C@H]4/C(=N/Nc5ccc([N+](=O)[O-])cc5[N+](=O)[O-])[C@@H]5[C@H]6C[C@@H]([C@H]25)[C@@H]3[C@@H]64)c([N+](=O)[O-])c1. The van der Waals surface area contributed by atoms with Crippen LogP contribution in [0.2, 0.25) is 0 Å². The van der Waals surface area contributed by atoms with Gasteiger partial charge in [0.05, 0.1) is 31.8 Å². The van der Waals surface area contributed by atoms with Crippen LogP contribution in [0, 0.1) is 87.8 Å². The van der Waals surface area contributed by atoms with E-state index >= 15 is 0 Å². The Labute approximate surface area is 217 Å². The maximum Gasteiger partial charge on any atom is 0.301 e. The van der Waals surface area contributed by atoms with Gasteiger partial charge >= 0.3 is 11.4 Å². The maximum absolute atomic E-state index is 11.5. The molecule has 0 aromatic heterocycles. The Morgan fingerprint density at radius 2 is 1.03 bits per heavy atom. The zero-order chi connectivity index (χ0) is 27.3. The van der Waals surface area contributed by atoms with Gasteiger partial charge in [0.25, 0.3) is 11.4 Å². The molecule has 0 aliphatic heterocycles. The minimum Gasteiger partial charge on any atom is -0.272 e. The molecule has 0 spiro atoms. The predicted octanol–water partition coefficient (Wildman–Crippen LogP) is 3.94. The molecule has 5 saturated carbocycles. The third-order valence-corrected chi connectivity index (χ3v) is 9.26. The molecule has 2 N–H and O–H groups in total. The summed E-state index contributed by atoms with van der Waals surface area (Å²) in [5, 5.41) is 54.3. The summed E-state index contributed by atoms with van der Waals surface area (Å²) in [7, 11) is 0. The number of nitro groups is 4. The number of hydrogen-bond donors (Lipinski definition) is 2. The van der Waals surface area contributed by atoms with Crippen LogP contribution in [0.25, 0.3) is 0 Å². The number of hydrogen-bond acceptors (Lipinski definition) is 12. The van der Waals surface area contributed by atoms with E-state index in [4.69, 9.17) is 0 Å². The molecule has 0 unspecified atom stereocenters. The van der Waals surface area contributed by atoms with Crippen molar-refractivity contribution in [2.24, 2.45) is 57.5 Å². The maximum atomic E-state index is 11.5. The van der Waals surface area contributed by atoms with Crippen molar-refractivity contribution in [2.45, 2.75) is 6.42 Å². The Bertz CT molecular complexity index is 1470. The predicted molar refractivity (Wildman–Crippen MR) is 134 cm³/mol. The summed E-state index contributed by atoms with van der Waals surface area (Å²) in [6, 6.07) is 6.72. The fourth-order valence-corrected chi connectivity index (χ4v) is 8.17.